The molecule has 3 aromatic rings. The summed E-state index contributed by atoms with van der Waals surface area (Å²) in [7, 11) is -4.24. The fourth-order valence-corrected chi connectivity index (χ4v) is 3.56. The highest BCUT2D eigenvalue weighted by Crippen LogP contribution is 2.32. The molecule has 0 aliphatic rings. The number of anilines is 1. The molecule has 130 valence electrons. The second-order valence-corrected chi connectivity index (χ2v) is 6.78. The maximum atomic E-state index is 13.8. The van der Waals surface area contributed by atoms with Gasteiger partial charge < -0.3 is 0 Å². The Bertz CT molecular complexity index is 1050. The number of nitrogens with zero attached hydrogens (tertiary/aromatic N) is 1. The van der Waals surface area contributed by atoms with Crippen LogP contribution in [0.15, 0.2) is 59.6 Å². The lowest BCUT2D eigenvalue weighted by atomic mass is 10.2. The molecule has 4 nitrogen and oxygen atoms in total. The van der Waals surface area contributed by atoms with Crippen molar-refractivity contribution in [3.8, 4) is 0 Å². The van der Waals surface area contributed by atoms with Crippen LogP contribution in [0.25, 0.3) is 10.9 Å². The highest BCUT2D eigenvalue weighted by Gasteiger charge is 2.31. The average Bonchev–Trinajstić information content (AvgIpc) is 2.54. The minimum atomic E-state index is -4.60. The molecule has 1 N–H and O–H groups in total. The molecule has 0 bridgehead atoms. The fraction of sp³-hybridized carbons (Fsp3) is 0.0625. The first kappa shape index (κ1) is 17.2. The van der Waals surface area contributed by atoms with E-state index in [9.17, 15) is 26.0 Å². The molecule has 0 atom stereocenters. The quantitative estimate of drug-likeness (QED) is 0.703. The molecule has 0 spiro atoms. The molecule has 0 fully saturated rings. The summed E-state index contributed by atoms with van der Waals surface area (Å²) in [5.74, 6) is -0.700. The predicted molar refractivity (Wildman–Crippen MR) is 84.0 cm³/mol. The molecule has 0 unspecified atom stereocenters. The maximum Gasteiger partial charge on any atom is 0.416 e. The lowest BCUT2D eigenvalue weighted by Gasteiger charge is -2.12. The second kappa shape index (κ2) is 5.99. The topological polar surface area (TPSA) is 59.1 Å². The van der Waals surface area contributed by atoms with E-state index in [0.29, 0.717) is 6.07 Å². The van der Waals surface area contributed by atoms with Crippen LogP contribution in [0.4, 0.5) is 23.2 Å². The summed E-state index contributed by atoms with van der Waals surface area (Å²) < 4.78 is 79.2. The van der Waals surface area contributed by atoms with Crippen molar-refractivity contribution in [2.75, 3.05) is 4.72 Å². The smallest absolute Gasteiger partial charge is 0.280 e. The number of benzene rings is 2. The maximum absolute atomic E-state index is 13.8. The number of pyridine rings is 1. The summed E-state index contributed by atoms with van der Waals surface area (Å²) in [5.41, 5.74) is -1.39. The van der Waals surface area contributed by atoms with Gasteiger partial charge in [-0.3, -0.25) is 9.71 Å². The van der Waals surface area contributed by atoms with E-state index in [1.165, 1.54) is 24.4 Å². The first-order chi connectivity index (χ1) is 11.7. The minimum Gasteiger partial charge on any atom is -0.280 e. The molecule has 0 amide bonds. The number of sulfonamides is 1. The van der Waals surface area contributed by atoms with Gasteiger partial charge >= 0.3 is 6.18 Å². The summed E-state index contributed by atoms with van der Waals surface area (Å²) in [6.45, 7) is 0. The zero-order valence-electron chi connectivity index (χ0n) is 12.4. The Morgan fingerprint density at radius 1 is 1.00 bits per heavy atom. The molecule has 0 saturated carbocycles. The van der Waals surface area contributed by atoms with E-state index in [-0.39, 0.29) is 21.5 Å². The fourth-order valence-electron chi connectivity index (χ4n) is 2.32. The number of fused-ring (bicyclic) bond motifs is 1. The Labute approximate surface area is 140 Å². The number of nitrogens with one attached hydrogen (secondary N) is 1. The van der Waals surface area contributed by atoms with Gasteiger partial charge in [0.05, 0.1) is 10.5 Å². The Hall–Kier alpha value is -2.68. The summed E-state index contributed by atoms with van der Waals surface area (Å²) in [6.07, 6.45) is -3.30. The SMILES string of the molecule is O=S(=O)(Nc1cccc(C(F)(F)F)c1)c1ccc(F)c2ncccc12. The predicted octanol–water partition coefficient (Wildman–Crippen LogP) is 4.19. The monoisotopic (exact) mass is 370 g/mol. The highest BCUT2D eigenvalue weighted by atomic mass is 32.2. The third-order valence-corrected chi connectivity index (χ3v) is 4.85. The highest BCUT2D eigenvalue weighted by molar-refractivity contribution is 7.93. The van der Waals surface area contributed by atoms with Gasteiger partial charge in [-0.1, -0.05) is 6.07 Å². The zero-order valence-corrected chi connectivity index (χ0v) is 13.2. The van der Waals surface area contributed by atoms with Crippen LogP contribution in [-0.2, 0) is 16.2 Å². The first-order valence-corrected chi connectivity index (χ1v) is 8.40. The van der Waals surface area contributed by atoms with Gasteiger partial charge in [-0.2, -0.15) is 13.2 Å². The number of alkyl halides is 3. The van der Waals surface area contributed by atoms with Crippen LogP contribution in [0, 0.1) is 5.82 Å². The number of hydrogen-bond donors (Lipinski definition) is 1. The zero-order chi connectivity index (χ0) is 18.2. The van der Waals surface area contributed by atoms with Crippen LogP contribution in [0.1, 0.15) is 5.56 Å². The van der Waals surface area contributed by atoms with Crippen molar-refractivity contribution < 1.29 is 26.0 Å². The van der Waals surface area contributed by atoms with Gasteiger partial charge in [0.2, 0.25) is 0 Å². The van der Waals surface area contributed by atoms with Gasteiger partial charge in [-0.05, 0) is 42.5 Å². The lowest BCUT2D eigenvalue weighted by Crippen LogP contribution is -2.14. The largest absolute Gasteiger partial charge is 0.416 e. The van der Waals surface area contributed by atoms with Gasteiger partial charge in [-0.15, -0.1) is 0 Å². The molecule has 9 heteroatoms. The van der Waals surface area contributed by atoms with E-state index in [1.54, 1.807) is 0 Å². The van der Waals surface area contributed by atoms with Gasteiger partial charge in [0, 0.05) is 17.3 Å². The Morgan fingerprint density at radius 3 is 2.48 bits per heavy atom. The van der Waals surface area contributed by atoms with Crippen molar-refractivity contribution in [1.29, 1.82) is 0 Å². The molecule has 1 aromatic heterocycles. The van der Waals surface area contributed by atoms with Crippen LogP contribution in [-0.4, -0.2) is 13.4 Å². The summed E-state index contributed by atoms with van der Waals surface area (Å²) in [5, 5.41) is 0.0296. The van der Waals surface area contributed by atoms with Gasteiger partial charge in [-0.25, -0.2) is 12.8 Å². The third-order valence-electron chi connectivity index (χ3n) is 3.41. The van der Waals surface area contributed by atoms with E-state index in [1.807, 2.05) is 0 Å². The molecule has 2 aromatic carbocycles. The van der Waals surface area contributed by atoms with Crippen LogP contribution >= 0.6 is 0 Å². The Kier molecular flexibility index (Phi) is 4.11. The summed E-state index contributed by atoms with van der Waals surface area (Å²) >= 11 is 0. The molecule has 0 radical (unpaired) electrons. The molecule has 1 heterocycles. The van der Waals surface area contributed by atoms with E-state index < -0.39 is 27.6 Å². The van der Waals surface area contributed by atoms with Crippen LogP contribution < -0.4 is 4.72 Å². The lowest BCUT2D eigenvalue weighted by molar-refractivity contribution is -0.137. The molecule has 0 aliphatic carbocycles. The Balaban J connectivity index is 2.06. The van der Waals surface area contributed by atoms with E-state index in [4.69, 9.17) is 0 Å². The molecule has 3 rings (SSSR count). The van der Waals surface area contributed by atoms with Crippen molar-refractivity contribution in [1.82, 2.24) is 4.98 Å². The first-order valence-electron chi connectivity index (χ1n) is 6.92. The average molecular weight is 370 g/mol. The molecule has 0 aliphatic heterocycles. The van der Waals surface area contributed by atoms with Crippen molar-refractivity contribution in [3.63, 3.8) is 0 Å². The van der Waals surface area contributed by atoms with Crippen molar-refractivity contribution in [2.24, 2.45) is 0 Å². The normalized spacial score (nSPS) is 12.3. The summed E-state index contributed by atoms with van der Waals surface area (Å²) in [6, 6.07) is 8.57. The van der Waals surface area contributed by atoms with E-state index in [2.05, 4.69) is 9.71 Å². The number of halogens is 4. The Morgan fingerprint density at radius 2 is 1.76 bits per heavy atom. The number of aromatic nitrogens is 1. The summed E-state index contributed by atoms with van der Waals surface area (Å²) in [4.78, 5) is 3.51. The molecule has 25 heavy (non-hydrogen) atoms. The van der Waals surface area contributed by atoms with Crippen LogP contribution in [0.5, 0.6) is 0 Å². The van der Waals surface area contributed by atoms with Crippen LogP contribution in [0.2, 0.25) is 0 Å². The number of hydrogen-bond acceptors (Lipinski definition) is 3. The minimum absolute atomic E-state index is 0.0296. The van der Waals surface area contributed by atoms with E-state index in [0.717, 1.165) is 24.3 Å². The molecular formula is C16H10F4N2O2S. The number of rotatable bonds is 3. The van der Waals surface area contributed by atoms with Crippen molar-refractivity contribution >= 4 is 26.6 Å². The van der Waals surface area contributed by atoms with Crippen molar-refractivity contribution in [3.05, 3.63) is 66.1 Å². The van der Waals surface area contributed by atoms with Gasteiger partial charge in [0.15, 0.2) is 0 Å². The van der Waals surface area contributed by atoms with E-state index >= 15 is 0 Å². The molecular weight excluding hydrogens is 360 g/mol. The van der Waals surface area contributed by atoms with Gasteiger partial charge in [0.1, 0.15) is 11.3 Å². The van der Waals surface area contributed by atoms with Gasteiger partial charge in [0.25, 0.3) is 10.0 Å². The molecule has 0 saturated heterocycles. The second-order valence-electron chi connectivity index (χ2n) is 5.13. The van der Waals surface area contributed by atoms with Crippen LogP contribution in [0.3, 0.4) is 0 Å². The standard InChI is InChI=1S/C16H10F4N2O2S/c17-13-6-7-14(12-5-2-8-21-15(12)13)25(23,24)22-11-4-1-3-10(9-11)16(18,19)20/h1-9,22H. The van der Waals surface area contributed by atoms with Crippen molar-refractivity contribution in [2.45, 2.75) is 11.1 Å². The third kappa shape index (κ3) is 3.41.